The van der Waals surface area contributed by atoms with Crippen molar-refractivity contribution in [3.8, 4) is 0 Å². The van der Waals surface area contributed by atoms with Gasteiger partial charge in [-0.25, -0.2) is 18.7 Å². The minimum Gasteiger partial charge on any atom is -0.380 e. The molecule has 1 aromatic carbocycles. The fourth-order valence-corrected chi connectivity index (χ4v) is 7.84. The van der Waals surface area contributed by atoms with Crippen molar-refractivity contribution >= 4 is 51.8 Å². The molecule has 3 fully saturated rings. The Balaban J connectivity index is 1.14. The predicted molar refractivity (Wildman–Crippen MR) is 186 cm³/mol. The van der Waals surface area contributed by atoms with Crippen molar-refractivity contribution in [1.82, 2.24) is 24.4 Å². The van der Waals surface area contributed by atoms with Crippen LogP contribution >= 0.6 is 23.0 Å². The number of anilines is 3. The highest BCUT2D eigenvalue weighted by molar-refractivity contribution is 14.1. The molecule has 0 radical (unpaired) electrons. The highest BCUT2D eigenvalue weighted by Gasteiger charge is 2.34. The van der Waals surface area contributed by atoms with E-state index >= 15 is 0 Å². The standard InChI is InChI=1S/C34H48F2IN7O2/c1-34(2,46-37)24-8-11-26(12-9-24)39-32-38-21-30-31(42-32)44(33(41-30)40-29-15-10-25(35)20-28(29)36)27-13-6-23(7-14-27)22-45-19-18-43-16-4-3-5-17-43/h10,15,20-21,23-24,26-27H,3-9,11-14,16-19,22H2,1-2H3,(H,40,41)(H,38,39,42)/t23-,24-,26-,27+. The van der Waals surface area contributed by atoms with Gasteiger partial charge in [0.05, 0.1) is 24.1 Å². The SMILES string of the molecule is CC(C)(OI)[C@H]1CC[C@H](Nc2ncc3nc(Nc4ccc(F)cc4F)n([C@H]4CC[C@@H](COCCN5CCCCC5)CC4)c3n2)CC1. The van der Waals surface area contributed by atoms with E-state index in [0.29, 0.717) is 29.2 Å². The number of benzene rings is 1. The summed E-state index contributed by atoms with van der Waals surface area (Å²) in [5.74, 6) is 0.829. The lowest BCUT2D eigenvalue weighted by molar-refractivity contribution is 0.0587. The fourth-order valence-electron chi connectivity index (χ4n) is 7.48. The molecule has 0 spiro atoms. The van der Waals surface area contributed by atoms with Gasteiger partial charge in [0.1, 0.15) is 40.2 Å². The number of nitrogens with zero attached hydrogens (tertiary/aromatic N) is 5. The molecule has 2 aromatic heterocycles. The summed E-state index contributed by atoms with van der Waals surface area (Å²) >= 11 is 2.02. The lowest BCUT2D eigenvalue weighted by Gasteiger charge is -2.37. The predicted octanol–water partition coefficient (Wildman–Crippen LogP) is 8.20. The van der Waals surface area contributed by atoms with Gasteiger partial charge in [-0.2, -0.15) is 4.98 Å². The zero-order valence-electron chi connectivity index (χ0n) is 27.1. The van der Waals surface area contributed by atoms with E-state index in [1.54, 1.807) is 6.20 Å². The maximum atomic E-state index is 14.7. The number of fused-ring (bicyclic) bond motifs is 1. The van der Waals surface area contributed by atoms with E-state index in [0.717, 1.165) is 82.8 Å². The van der Waals surface area contributed by atoms with Crippen molar-refractivity contribution in [3.63, 3.8) is 0 Å². The second kappa shape index (κ2) is 15.4. The Bertz CT molecular complexity index is 1430. The largest absolute Gasteiger partial charge is 0.380 e. The van der Waals surface area contributed by atoms with Gasteiger partial charge < -0.3 is 23.3 Å². The van der Waals surface area contributed by atoms with Crippen LogP contribution in [0.1, 0.15) is 90.5 Å². The molecule has 0 bridgehead atoms. The Morgan fingerprint density at radius 3 is 2.46 bits per heavy atom. The van der Waals surface area contributed by atoms with Crippen LogP contribution in [0.2, 0.25) is 0 Å². The van der Waals surface area contributed by atoms with Crippen molar-refractivity contribution in [3.05, 3.63) is 36.0 Å². The number of hydrogen-bond acceptors (Lipinski definition) is 8. The molecule has 2 aliphatic carbocycles. The zero-order valence-corrected chi connectivity index (χ0v) is 29.3. The second-order valence-corrected chi connectivity index (χ2v) is 14.4. The average molecular weight is 752 g/mol. The number of rotatable bonds is 12. The molecule has 2 N–H and O–H groups in total. The van der Waals surface area contributed by atoms with Crippen LogP contribution in [-0.4, -0.2) is 68.9 Å². The van der Waals surface area contributed by atoms with Crippen LogP contribution in [0, 0.1) is 23.5 Å². The van der Waals surface area contributed by atoms with Gasteiger partial charge in [-0.15, -0.1) is 0 Å². The number of halogens is 3. The van der Waals surface area contributed by atoms with E-state index in [1.165, 1.54) is 44.5 Å². The third-order valence-electron chi connectivity index (χ3n) is 10.4. The van der Waals surface area contributed by atoms with Crippen molar-refractivity contribution in [2.24, 2.45) is 11.8 Å². The number of ether oxygens (including phenoxy) is 1. The highest BCUT2D eigenvalue weighted by Crippen LogP contribution is 2.39. The number of likely N-dealkylation sites (tertiary alicyclic amines) is 1. The summed E-state index contributed by atoms with van der Waals surface area (Å²) in [7, 11) is 0. The Kier molecular flexibility index (Phi) is 11.3. The van der Waals surface area contributed by atoms with Crippen LogP contribution < -0.4 is 10.6 Å². The summed E-state index contributed by atoms with van der Waals surface area (Å²) in [6.45, 7) is 9.32. The molecule has 0 amide bonds. The minimum absolute atomic E-state index is 0.134. The first-order valence-corrected chi connectivity index (χ1v) is 18.0. The van der Waals surface area contributed by atoms with Crippen molar-refractivity contribution in [2.45, 2.75) is 102 Å². The van der Waals surface area contributed by atoms with Gasteiger partial charge in [-0.1, -0.05) is 6.42 Å². The quantitative estimate of drug-likeness (QED) is 0.142. The summed E-state index contributed by atoms with van der Waals surface area (Å²) in [6.07, 6.45) is 13.9. The first-order chi connectivity index (χ1) is 22.3. The lowest BCUT2D eigenvalue weighted by Crippen LogP contribution is -2.37. The van der Waals surface area contributed by atoms with Gasteiger partial charge in [-0.05, 0) is 115 Å². The topological polar surface area (TPSA) is 89.4 Å². The van der Waals surface area contributed by atoms with Crippen molar-refractivity contribution < 1.29 is 16.6 Å². The number of hydrogen-bond donors (Lipinski definition) is 2. The van der Waals surface area contributed by atoms with E-state index in [-0.39, 0.29) is 23.4 Å². The molecule has 6 rings (SSSR count). The third-order valence-corrected chi connectivity index (χ3v) is 11.5. The normalized spacial score (nSPS) is 24.7. The molecule has 0 unspecified atom stereocenters. The maximum absolute atomic E-state index is 14.7. The van der Waals surface area contributed by atoms with Gasteiger partial charge >= 0.3 is 0 Å². The first kappa shape index (κ1) is 33.7. The van der Waals surface area contributed by atoms with E-state index in [2.05, 4.69) is 38.9 Å². The second-order valence-electron chi connectivity index (χ2n) is 14.0. The van der Waals surface area contributed by atoms with E-state index in [4.69, 9.17) is 17.8 Å². The molecule has 1 aliphatic heterocycles. The van der Waals surface area contributed by atoms with Gasteiger partial charge in [0.2, 0.25) is 11.9 Å². The molecule has 46 heavy (non-hydrogen) atoms. The Morgan fingerprint density at radius 2 is 1.74 bits per heavy atom. The Morgan fingerprint density at radius 1 is 0.978 bits per heavy atom. The molecule has 2 saturated carbocycles. The van der Waals surface area contributed by atoms with Crippen molar-refractivity contribution in [1.29, 1.82) is 0 Å². The van der Waals surface area contributed by atoms with E-state index in [1.807, 2.05) is 23.0 Å². The monoisotopic (exact) mass is 751 g/mol. The third kappa shape index (κ3) is 8.27. The summed E-state index contributed by atoms with van der Waals surface area (Å²) in [6, 6.07) is 3.96. The van der Waals surface area contributed by atoms with E-state index < -0.39 is 11.6 Å². The Hall–Kier alpha value is -2.16. The van der Waals surface area contributed by atoms with Gasteiger partial charge in [-0.3, -0.25) is 4.57 Å². The van der Waals surface area contributed by atoms with Crippen LogP contribution in [-0.2, 0) is 7.80 Å². The first-order valence-electron chi connectivity index (χ1n) is 17.1. The molecule has 3 heterocycles. The minimum atomic E-state index is -0.663. The molecule has 3 aromatic rings. The summed E-state index contributed by atoms with van der Waals surface area (Å²) < 4.78 is 42.4. The van der Waals surface area contributed by atoms with Crippen LogP contribution in [0.4, 0.5) is 26.4 Å². The molecule has 12 heteroatoms. The molecule has 1 saturated heterocycles. The molecule has 9 nitrogen and oxygen atoms in total. The van der Waals surface area contributed by atoms with Crippen LogP contribution in [0.3, 0.4) is 0 Å². The number of imidazole rings is 1. The number of aromatic nitrogens is 4. The summed E-state index contributed by atoms with van der Waals surface area (Å²) in [5.41, 5.74) is 1.40. The average Bonchev–Trinajstić information content (AvgIpc) is 3.42. The van der Waals surface area contributed by atoms with E-state index in [9.17, 15) is 8.78 Å². The smallest absolute Gasteiger partial charge is 0.224 e. The number of nitrogens with one attached hydrogen (secondary N) is 2. The molecular formula is C34H48F2IN7O2. The summed E-state index contributed by atoms with van der Waals surface area (Å²) in [5, 5.41) is 6.72. The highest BCUT2D eigenvalue weighted by atomic mass is 127. The van der Waals surface area contributed by atoms with Crippen LogP contribution in [0.5, 0.6) is 0 Å². The van der Waals surface area contributed by atoms with Crippen LogP contribution in [0.15, 0.2) is 24.4 Å². The molecular weight excluding hydrogens is 703 g/mol. The molecule has 252 valence electrons. The van der Waals surface area contributed by atoms with Gasteiger partial charge in [0.15, 0.2) is 5.65 Å². The fraction of sp³-hybridized carbons (Fsp3) is 0.676. The van der Waals surface area contributed by atoms with Crippen LogP contribution in [0.25, 0.3) is 11.2 Å². The summed E-state index contributed by atoms with van der Waals surface area (Å²) in [4.78, 5) is 16.9. The lowest BCUT2D eigenvalue weighted by atomic mass is 9.77. The Labute approximate surface area is 285 Å². The van der Waals surface area contributed by atoms with Gasteiger partial charge in [0, 0.05) is 31.3 Å². The van der Waals surface area contributed by atoms with Gasteiger partial charge in [0.25, 0.3) is 0 Å². The molecule has 3 aliphatic rings. The zero-order chi connectivity index (χ0) is 32.1. The number of piperidine rings is 1. The maximum Gasteiger partial charge on any atom is 0.224 e. The van der Waals surface area contributed by atoms with Crippen molar-refractivity contribution in [2.75, 3.05) is 43.5 Å². The molecule has 0 atom stereocenters.